The standard InChI is InChI=1S/C13H17N3O3S/c1-13(2)8(5-9(13)17)15-10(18)7-6-14-12-16(11(7)19)3-4-20-12/h6,8-9,17H,3-5H2,1-2H3,(H,15,18). The van der Waals surface area contributed by atoms with E-state index in [9.17, 15) is 14.7 Å². The van der Waals surface area contributed by atoms with Crippen LogP contribution in [0.1, 0.15) is 30.6 Å². The molecule has 0 aromatic carbocycles. The van der Waals surface area contributed by atoms with Gasteiger partial charge in [0.15, 0.2) is 5.16 Å². The molecule has 0 spiro atoms. The second-order valence-electron chi connectivity index (χ2n) is 5.86. The second-order valence-corrected chi connectivity index (χ2v) is 6.92. The third-order valence-electron chi connectivity index (χ3n) is 4.32. The topological polar surface area (TPSA) is 84.2 Å². The lowest BCUT2D eigenvalue weighted by molar-refractivity contribution is -0.0689. The summed E-state index contributed by atoms with van der Waals surface area (Å²) in [7, 11) is 0. The van der Waals surface area contributed by atoms with E-state index in [1.54, 1.807) is 4.57 Å². The van der Waals surface area contributed by atoms with Crippen molar-refractivity contribution in [1.29, 1.82) is 0 Å². The van der Waals surface area contributed by atoms with Gasteiger partial charge in [-0.15, -0.1) is 0 Å². The average Bonchev–Trinajstić information content (AvgIpc) is 2.88. The Labute approximate surface area is 120 Å². The maximum Gasteiger partial charge on any atom is 0.267 e. The van der Waals surface area contributed by atoms with E-state index in [4.69, 9.17) is 0 Å². The fourth-order valence-corrected chi connectivity index (χ4v) is 3.47. The number of hydrogen-bond donors (Lipinski definition) is 2. The van der Waals surface area contributed by atoms with Crippen molar-refractivity contribution in [3.8, 4) is 0 Å². The lowest BCUT2D eigenvalue weighted by Gasteiger charge is -2.49. The monoisotopic (exact) mass is 295 g/mol. The molecule has 0 radical (unpaired) electrons. The predicted octanol–water partition coefficient (Wildman–Crippen LogP) is 0.238. The smallest absolute Gasteiger partial charge is 0.267 e. The van der Waals surface area contributed by atoms with Gasteiger partial charge >= 0.3 is 0 Å². The summed E-state index contributed by atoms with van der Waals surface area (Å²) in [6, 6.07) is -0.114. The van der Waals surface area contributed by atoms with Crippen molar-refractivity contribution in [1.82, 2.24) is 14.9 Å². The van der Waals surface area contributed by atoms with Crippen molar-refractivity contribution >= 4 is 17.7 Å². The molecule has 2 aliphatic rings. The molecule has 1 aliphatic carbocycles. The highest BCUT2D eigenvalue weighted by molar-refractivity contribution is 7.99. The molecule has 1 aromatic heterocycles. The molecule has 2 atom stereocenters. The van der Waals surface area contributed by atoms with Gasteiger partial charge in [-0.2, -0.15) is 0 Å². The van der Waals surface area contributed by atoms with Gasteiger partial charge in [-0.3, -0.25) is 14.2 Å². The Hall–Kier alpha value is -1.34. The Morgan fingerprint density at radius 1 is 1.60 bits per heavy atom. The maximum atomic E-state index is 12.2. The predicted molar refractivity (Wildman–Crippen MR) is 74.9 cm³/mol. The molecule has 20 heavy (non-hydrogen) atoms. The number of nitrogens with one attached hydrogen (secondary N) is 1. The zero-order valence-corrected chi connectivity index (χ0v) is 12.2. The molecule has 2 unspecified atom stereocenters. The van der Waals surface area contributed by atoms with E-state index < -0.39 is 12.0 Å². The number of amides is 1. The molecule has 2 heterocycles. The molecule has 1 saturated carbocycles. The first-order valence-corrected chi connectivity index (χ1v) is 7.61. The number of aliphatic hydroxyl groups is 1. The SMILES string of the molecule is CC1(C)C(O)CC1NC(=O)c1cnc2n(c1=O)CCS2. The largest absolute Gasteiger partial charge is 0.392 e. The van der Waals surface area contributed by atoms with Crippen molar-refractivity contribution in [2.24, 2.45) is 5.41 Å². The van der Waals surface area contributed by atoms with Crippen molar-refractivity contribution in [2.75, 3.05) is 5.75 Å². The highest BCUT2D eigenvalue weighted by atomic mass is 32.2. The summed E-state index contributed by atoms with van der Waals surface area (Å²) in [6.07, 6.45) is 1.46. The van der Waals surface area contributed by atoms with Crippen LogP contribution >= 0.6 is 11.8 Å². The van der Waals surface area contributed by atoms with Crippen LogP contribution in [0.25, 0.3) is 0 Å². The van der Waals surface area contributed by atoms with Gasteiger partial charge in [0, 0.05) is 30.0 Å². The number of hydrogen-bond acceptors (Lipinski definition) is 5. The van der Waals surface area contributed by atoms with E-state index >= 15 is 0 Å². The van der Waals surface area contributed by atoms with Crippen LogP contribution in [0.4, 0.5) is 0 Å². The summed E-state index contributed by atoms with van der Waals surface area (Å²) in [5.74, 6) is 0.412. The number of aliphatic hydroxyl groups excluding tert-OH is 1. The van der Waals surface area contributed by atoms with Crippen LogP contribution in [0, 0.1) is 5.41 Å². The summed E-state index contributed by atoms with van der Waals surface area (Å²) >= 11 is 1.52. The van der Waals surface area contributed by atoms with E-state index in [2.05, 4.69) is 10.3 Å². The van der Waals surface area contributed by atoms with Gasteiger partial charge in [0.05, 0.1) is 6.10 Å². The quantitative estimate of drug-likeness (QED) is 0.764. The normalized spacial score (nSPS) is 26.8. The summed E-state index contributed by atoms with van der Waals surface area (Å²) < 4.78 is 1.54. The maximum absolute atomic E-state index is 12.2. The fourth-order valence-electron chi connectivity index (χ4n) is 2.56. The van der Waals surface area contributed by atoms with Gasteiger partial charge < -0.3 is 10.4 Å². The molecular weight excluding hydrogens is 278 g/mol. The van der Waals surface area contributed by atoms with Crippen LogP contribution < -0.4 is 10.9 Å². The van der Waals surface area contributed by atoms with Gasteiger partial charge in [-0.25, -0.2) is 4.98 Å². The van der Waals surface area contributed by atoms with Crippen LogP contribution in [0.2, 0.25) is 0 Å². The summed E-state index contributed by atoms with van der Waals surface area (Å²) in [5, 5.41) is 13.2. The van der Waals surface area contributed by atoms with Gasteiger partial charge in [0.1, 0.15) is 5.56 Å². The zero-order valence-electron chi connectivity index (χ0n) is 11.4. The number of aromatic nitrogens is 2. The molecule has 1 aliphatic heterocycles. The number of thioether (sulfide) groups is 1. The van der Waals surface area contributed by atoms with Crippen molar-refractivity contribution in [3.05, 3.63) is 22.1 Å². The van der Waals surface area contributed by atoms with E-state index in [0.717, 1.165) is 5.75 Å². The zero-order chi connectivity index (χ0) is 14.5. The molecule has 1 amide bonds. The molecule has 3 rings (SSSR count). The minimum absolute atomic E-state index is 0.0773. The molecule has 0 bridgehead atoms. The molecule has 1 aromatic rings. The summed E-state index contributed by atoms with van der Waals surface area (Å²) in [5.41, 5.74) is -0.560. The number of fused-ring (bicyclic) bond motifs is 1. The third kappa shape index (κ3) is 1.96. The van der Waals surface area contributed by atoms with Crippen molar-refractivity contribution < 1.29 is 9.90 Å². The Bertz CT molecular complexity index is 626. The lowest BCUT2D eigenvalue weighted by atomic mass is 9.64. The average molecular weight is 295 g/mol. The summed E-state index contributed by atoms with van der Waals surface area (Å²) in [6.45, 7) is 4.40. The molecule has 1 fully saturated rings. The Balaban J connectivity index is 1.81. The fraction of sp³-hybridized carbons (Fsp3) is 0.615. The molecule has 2 N–H and O–H groups in total. The summed E-state index contributed by atoms with van der Waals surface area (Å²) in [4.78, 5) is 28.6. The minimum atomic E-state index is -0.413. The van der Waals surface area contributed by atoms with Crippen molar-refractivity contribution in [2.45, 2.75) is 44.1 Å². The minimum Gasteiger partial charge on any atom is -0.392 e. The van der Waals surface area contributed by atoms with Crippen LogP contribution in [-0.2, 0) is 6.54 Å². The highest BCUT2D eigenvalue weighted by Crippen LogP contribution is 2.40. The number of carbonyl (C=O) groups is 1. The number of carbonyl (C=O) groups excluding carboxylic acids is 1. The van der Waals surface area contributed by atoms with E-state index in [1.807, 2.05) is 13.8 Å². The van der Waals surface area contributed by atoms with Crippen LogP contribution in [0.5, 0.6) is 0 Å². The Kier molecular flexibility index (Phi) is 3.13. The van der Waals surface area contributed by atoms with Gasteiger partial charge in [-0.05, 0) is 6.42 Å². The third-order valence-corrected chi connectivity index (χ3v) is 5.29. The van der Waals surface area contributed by atoms with Crippen LogP contribution in [-0.4, -0.2) is 38.5 Å². The Morgan fingerprint density at radius 2 is 2.35 bits per heavy atom. The van der Waals surface area contributed by atoms with Gasteiger partial charge in [-0.1, -0.05) is 25.6 Å². The Morgan fingerprint density at radius 3 is 3.00 bits per heavy atom. The molecule has 0 saturated heterocycles. The van der Waals surface area contributed by atoms with Crippen LogP contribution in [0.3, 0.4) is 0 Å². The molecular formula is C13H17N3O3S. The molecule has 7 heteroatoms. The van der Waals surface area contributed by atoms with Gasteiger partial charge in [0.2, 0.25) is 0 Å². The highest BCUT2D eigenvalue weighted by Gasteiger charge is 2.48. The first-order valence-electron chi connectivity index (χ1n) is 6.63. The van der Waals surface area contributed by atoms with Crippen molar-refractivity contribution in [3.63, 3.8) is 0 Å². The first kappa shape index (κ1) is 13.6. The molecule has 108 valence electrons. The number of nitrogens with zero attached hydrogens (tertiary/aromatic N) is 2. The van der Waals surface area contributed by atoms with E-state index in [-0.39, 0.29) is 22.6 Å². The number of rotatable bonds is 2. The molecule has 6 nitrogen and oxygen atoms in total. The second kappa shape index (κ2) is 4.60. The lowest BCUT2D eigenvalue weighted by Crippen LogP contribution is -2.61. The van der Waals surface area contributed by atoms with E-state index in [1.165, 1.54) is 18.0 Å². The van der Waals surface area contributed by atoms with Crippen LogP contribution in [0.15, 0.2) is 16.1 Å². The van der Waals surface area contributed by atoms with E-state index in [0.29, 0.717) is 18.1 Å². The van der Waals surface area contributed by atoms with Gasteiger partial charge in [0.25, 0.3) is 11.5 Å². The first-order chi connectivity index (χ1) is 9.41.